The van der Waals surface area contributed by atoms with Gasteiger partial charge in [-0.05, 0) is 19.1 Å². The number of aromatic nitrogens is 2. The molecule has 3 aromatic rings. The number of fused-ring (bicyclic) bond motifs is 1. The van der Waals surface area contributed by atoms with E-state index in [9.17, 15) is 0 Å². The van der Waals surface area contributed by atoms with Crippen LogP contribution in [0.25, 0.3) is 16.2 Å². The summed E-state index contributed by atoms with van der Waals surface area (Å²) < 4.78 is 1.97. The molecule has 0 aliphatic heterocycles. The Morgan fingerprint density at radius 2 is 2.05 bits per heavy atom. The molecule has 0 radical (unpaired) electrons. The van der Waals surface area contributed by atoms with Crippen LogP contribution >= 0.6 is 22.9 Å². The fraction of sp³-hybridized carbons (Fsp3) is 0.0714. The van der Waals surface area contributed by atoms with Gasteiger partial charge in [-0.15, -0.1) is 16.4 Å². The van der Waals surface area contributed by atoms with Gasteiger partial charge in [0, 0.05) is 21.7 Å². The summed E-state index contributed by atoms with van der Waals surface area (Å²) in [5, 5.41) is 8.23. The van der Waals surface area contributed by atoms with Crippen LogP contribution in [0.4, 0.5) is 0 Å². The summed E-state index contributed by atoms with van der Waals surface area (Å²) in [5.74, 6) is -0.0912. The molecule has 0 aliphatic rings. The van der Waals surface area contributed by atoms with E-state index >= 15 is 0 Å². The molecule has 2 heterocycles. The van der Waals surface area contributed by atoms with E-state index in [2.05, 4.69) is 15.2 Å². The number of benzene rings is 1. The van der Waals surface area contributed by atoms with E-state index in [0.717, 1.165) is 26.8 Å². The number of guanidine groups is 1. The smallest absolute Gasteiger partial charge is 0.211 e. The third-order valence-corrected chi connectivity index (χ3v) is 4.10. The normalized spacial score (nSPS) is 11.4. The molecule has 2 aromatic heterocycles. The molecule has 0 unspecified atom stereocenters. The molecule has 0 atom stereocenters. The zero-order valence-electron chi connectivity index (χ0n) is 11.7. The molecule has 22 heavy (non-hydrogen) atoms. The number of halogens is 1. The minimum absolute atomic E-state index is 0.0912. The highest BCUT2D eigenvalue weighted by Crippen LogP contribution is 2.28. The molecule has 0 saturated heterocycles. The van der Waals surface area contributed by atoms with Gasteiger partial charge in [0.25, 0.3) is 0 Å². The number of hydrogen-bond acceptors (Lipinski definition) is 4. The fourth-order valence-corrected chi connectivity index (χ4v) is 3.02. The van der Waals surface area contributed by atoms with Crippen molar-refractivity contribution in [3.8, 4) is 11.3 Å². The van der Waals surface area contributed by atoms with E-state index < -0.39 is 0 Å². The Kier molecular flexibility index (Phi) is 3.82. The quantitative estimate of drug-likeness (QED) is 0.438. The Morgan fingerprint density at radius 1 is 1.32 bits per heavy atom. The van der Waals surface area contributed by atoms with Crippen LogP contribution in [0.3, 0.4) is 0 Å². The van der Waals surface area contributed by atoms with E-state index in [4.69, 9.17) is 23.1 Å². The predicted octanol–water partition coefficient (Wildman–Crippen LogP) is 2.63. The van der Waals surface area contributed by atoms with Crippen LogP contribution in [-0.4, -0.2) is 21.6 Å². The number of aryl methyl sites for hydroxylation is 1. The van der Waals surface area contributed by atoms with E-state index in [1.54, 1.807) is 17.6 Å². The van der Waals surface area contributed by atoms with Gasteiger partial charge in [-0.1, -0.05) is 23.7 Å². The summed E-state index contributed by atoms with van der Waals surface area (Å²) >= 11 is 7.54. The van der Waals surface area contributed by atoms with E-state index in [1.807, 2.05) is 41.8 Å². The first-order chi connectivity index (χ1) is 10.5. The molecule has 4 N–H and O–H groups in total. The first kappa shape index (κ1) is 14.6. The standard InChI is InChI=1S/C14H13ClN6S/c1-8-7-21-11(6-18-20-13(16)17)12(19-14(21)22-8)9-2-4-10(15)5-3-9/h2-7H,1H3,(H4,16,17,20)/b18-6-. The predicted molar refractivity (Wildman–Crippen MR) is 91.7 cm³/mol. The first-order valence-corrected chi connectivity index (χ1v) is 7.60. The second-order valence-corrected chi connectivity index (χ2v) is 6.27. The van der Waals surface area contributed by atoms with E-state index in [1.165, 1.54) is 0 Å². The minimum atomic E-state index is -0.0912. The summed E-state index contributed by atoms with van der Waals surface area (Å²) in [6, 6.07) is 7.48. The Labute approximate surface area is 135 Å². The van der Waals surface area contributed by atoms with Crippen molar-refractivity contribution in [3.05, 3.63) is 46.1 Å². The molecule has 0 amide bonds. The van der Waals surface area contributed by atoms with Gasteiger partial charge in [0.15, 0.2) is 4.96 Å². The Hall–Kier alpha value is -2.38. The molecule has 6 nitrogen and oxygen atoms in total. The van der Waals surface area contributed by atoms with Gasteiger partial charge in [0.1, 0.15) is 0 Å². The molecular formula is C14H13ClN6S. The van der Waals surface area contributed by atoms with Crippen LogP contribution in [0.1, 0.15) is 10.6 Å². The van der Waals surface area contributed by atoms with Crippen LogP contribution in [0.2, 0.25) is 5.02 Å². The Morgan fingerprint density at radius 3 is 2.73 bits per heavy atom. The topological polar surface area (TPSA) is 94.1 Å². The molecule has 0 bridgehead atoms. The molecule has 0 fully saturated rings. The van der Waals surface area contributed by atoms with Crippen LogP contribution in [0, 0.1) is 6.92 Å². The summed E-state index contributed by atoms with van der Waals surface area (Å²) in [6.07, 6.45) is 3.60. The molecule has 0 aliphatic carbocycles. The fourth-order valence-electron chi connectivity index (χ4n) is 2.07. The lowest BCUT2D eigenvalue weighted by molar-refractivity contribution is 1.17. The van der Waals surface area contributed by atoms with Crippen molar-refractivity contribution in [1.29, 1.82) is 0 Å². The summed E-state index contributed by atoms with van der Waals surface area (Å²) in [5.41, 5.74) is 13.2. The zero-order chi connectivity index (χ0) is 15.7. The average molecular weight is 333 g/mol. The molecule has 8 heteroatoms. The lowest BCUT2D eigenvalue weighted by Gasteiger charge is -1.99. The SMILES string of the molecule is Cc1cn2c(/C=N\N=C(N)N)c(-c3ccc(Cl)cc3)nc2s1. The monoisotopic (exact) mass is 332 g/mol. The van der Waals surface area contributed by atoms with Crippen LogP contribution in [0.5, 0.6) is 0 Å². The molecule has 112 valence electrons. The van der Waals surface area contributed by atoms with Gasteiger partial charge in [-0.2, -0.15) is 5.10 Å². The van der Waals surface area contributed by atoms with E-state index in [-0.39, 0.29) is 5.96 Å². The van der Waals surface area contributed by atoms with Crippen molar-refractivity contribution in [2.45, 2.75) is 6.92 Å². The van der Waals surface area contributed by atoms with Crippen LogP contribution in [0.15, 0.2) is 40.7 Å². The second-order valence-electron chi connectivity index (χ2n) is 4.62. The van der Waals surface area contributed by atoms with E-state index in [0.29, 0.717) is 5.02 Å². The van der Waals surface area contributed by atoms with Crippen molar-refractivity contribution in [2.24, 2.45) is 21.7 Å². The van der Waals surface area contributed by atoms with Gasteiger partial charge in [-0.25, -0.2) is 4.98 Å². The number of nitrogens with two attached hydrogens (primary N) is 2. The zero-order valence-corrected chi connectivity index (χ0v) is 13.3. The highest BCUT2D eigenvalue weighted by Gasteiger charge is 2.14. The summed E-state index contributed by atoms with van der Waals surface area (Å²) in [7, 11) is 0. The second kappa shape index (κ2) is 5.78. The maximum Gasteiger partial charge on any atom is 0.211 e. The maximum atomic E-state index is 5.94. The molecular weight excluding hydrogens is 320 g/mol. The van der Waals surface area contributed by atoms with Crippen molar-refractivity contribution < 1.29 is 0 Å². The van der Waals surface area contributed by atoms with Crippen molar-refractivity contribution in [1.82, 2.24) is 9.38 Å². The summed E-state index contributed by atoms with van der Waals surface area (Å²) in [6.45, 7) is 2.03. The molecule has 0 saturated carbocycles. The third kappa shape index (κ3) is 2.81. The number of thiazole rings is 1. The lowest BCUT2D eigenvalue weighted by atomic mass is 10.1. The van der Waals surface area contributed by atoms with Crippen molar-refractivity contribution in [3.63, 3.8) is 0 Å². The van der Waals surface area contributed by atoms with Crippen molar-refractivity contribution >= 4 is 40.1 Å². The average Bonchev–Trinajstić information content (AvgIpc) is 2.97. The first-order valence-electron chi connectivity index (χ1n) is 6.41. The Bertz CT molecular complexity index is 871. The minimum Gasteiger partial charge on any atom is -0.369 e. The number of hydrogen-bond donors (Lipinski definition) is 2. The highest BCUT2D eigenvalue weighted by atomic mass is 35.5. The van der Waals surface area contributed by atoms with Gasteiger partial charge in [0.2, 0.25) is 5.96 Å². The van der Waals surface area contributed by atoms with Gasteiger partial charge < -0.3 is 11.5 Å². The number of nitrogens with zero attached hydrogens (tertiary/aromatic N) is 4. The van der Waals surface area contributed by atoms with Gasteiger partial charge in [0.05, 0.1) is 17.6 Å². The molecule has 1 aromatic carbocycles. The van der Waals surface area contributed by atoms with Gasteiger partial charge >= 0.3 is 0 Å². The highest BCUT2D eigenvalue weighted by molar-refractivity contribution is 7.17. The third-order valence-electron chi connectivity index (χ3n) is 2.95. The van der Waals surface area contributed by atoms with Crippen LogP contribution < -0.4 is 11.5 Å². The summed E-state index contributed by atoms with van der Waals surface area (Å²) in [4.78, 5) is 6.70. The van der Waals surface area contributed by atoms with Gasteiger partial charge in [-0.3, -0.25) is 4.40 Å². The lowest BCUT2D eigenvalue weighted by Crippen LogP contribution is -2.21. The molecule has 3 rings (SSSR count). The number of imidazole rings is 1. The maximum absolute atomic E-state index is 5.94. The largest absolute Gasteiger partial charge is 0.369 e. The van der Waals surface area contributed by atoms with Crippen molar-refractivity contribution in [2.75, 3.05) is 0 Å². The number of rotatable bonds is 3. The Balaban J connectivity index is 2.16. The molecule has 0 spiro atoms. The van der Waals surface area contributed by atoms with Crippen LogP contribution in [-0.2, 0) is 0 Å².